The predicted octanol–water partition coefficient (Wildman–Crippen LogP) is 3.57. The molecule has 3 aromatic rings. The van der Waals surface area contributed by atoms with Crippen LogP contribution in [0, 0.1) is 0 Å². The van der Waals surface area contributed by atoms with Gasteiger partial charge in [-0.1, -0.05) is 60.7 Å². The Morgan fingerprint density at radius 1 is 0.793 bits per heavy atom. The molecule has 0 aromatic heterocycles. The van der Waals surface area contributed by atoms with Crippen molar-refractivity contribution in [2.24, 2.45) is 0 Å². The monoisotopic (exact) mass is 385 g/mol. The van der Waals surface area contributed by atoms with E-state index in [1.165, 1.54) is 5.56 Å². The first-order chi connectivity index (χ1) is 14.2. The summed E-state index contributed by atoms with van der Waals surface area (Å²) in [6.07, 6.45) is 2.05. The van der Waals surface area contributed by atoms with Crippen LogP contribution in [0.2, 0.25) is 0 Å². The van der Waals surface area contributed by atoms with E-state index in [9.17, 15) is 9.59 Å². The van der Waals surface area contributed by atoms with Gasteiger partial charge in [0, 0.05) is 17.8 Å². The van der Waals surface area contributed by atoms with E-state index in [1.807, 2.05) is 60.7 Å². The number of carbonyl (C=O) groups is 2. The van der Waals surface area contributed by atoms with Gasteiger partial charge in [0.05, 0.1) is 6.54 Å². The Morgan fingerprint density at radius 2 is 1.48 bits per heavy atom. The second-order valence-corrected chi connectivity index (χ2v) is 7.10. The summed E-state index contributed by atoms with van der Waals surface area (Å²) in [4.78, 5) is 26.7. The van der Waals surface area contributed by atoms with Crippen LogP contribution in [-0.4, -0.2) is 24.9 Å². The SMILES string of the molecule is O=C(CN1CCCc2ccccc21)NNC(=O)c1ccc(-c2ccccc2)cc1. The second-order valence-electron chi connectivity index (χ2n) is 7.10. The Hall–Kier alpha value is -3.60. The molecule has 0 radical (unpaired) electrons. The summed E-state index contributed by atoms with van der Waals surface area (Å²) in [6, 6.07) is 25.4. The third kappa shape index (κ3) is 4.46. The number of hydrazine groups is 1. The average molecular weight is 385 g/mol. The topological polar surface area (TPSA) is 61.4 Å². The number of fused-ring (bicyclic) bond motifs is 1. The molecule has 0 fully saturated rings. The molecule has 0 aliphatic carbocycles. The normalized spacial score (nSPS) is 12.8. The number of hydrogen-bond donors (Lipinski definition) is 2. The number of amides is 2. The lowest BCUT2D eigenvalue weighted by molar-refractivity contribution is -0.120. The molecular formula is C24H23N3O2. The van der Waals surface area contributed by atoms with Gasteiger partial charge in [0.15, 0.2) is 0 Å². The summed E-state index contributed by atoms with van der Waals surface area (Å²) in [7, 11) is 0. The highest BCUT2D eigenvalue weighted by Crippen LogP contribution is 2.26. The molecule has 2 N–H and O–H groups in total. The molecule has 1 heterocycles. The molecule has 0 spiro atoms. The molecule has 5 nitrogen and oxygen atoms in total. The Morgan fingerprint density at radius 3 is 2.28 bits per heavy atom. The third-order valence-corrected chi connectivity index (χ3v) is 5.11. The van der Waals surface area contributed by atoms with Gasteiger partial charge in [0.1, 0.15) is 0 Å². The summed E-state index contributed by atoms with van der Waals surface area (Å²) in [6.45, 7) is 1.05. The fourth-order valence-corrected chi connectivity index (χ4v) is 3.63. The lowest BCUT2D eigenvalue weighted by Gasteiger charge is -2.30. The van der Waals surface area contributed by atoms with Crippen LogP contribution in [0.5, 0.6) is 0 Å². The van der Waals surface area contributed by atoms with E-state index in [0.717, 1.165) is 36.2 Å². The zero-order chi connectivity index (χ0) is 20.1. The molecule has 3 aromatic carbocycles. The number of anilines is 1. The molecular weight excluding hydrogens is 362 g/mol. The standard InChI is InChI=1S/C24H23N3O2/c28-23(17-27-16-6-10-20-9-4-5-11-22(20)27)25-26-24(29)21-14-12-19(13-15-21)18-7-2-1-3-8-18/h1-5,7-9,11-15H,6,10,16-17H2,(H,25,28)(H,26,29). The fraction of sp³-hybridized carbons (Fsp3) is 0.167. The molecule has 1 aliphatic rings. The Balaban J connectivity index is 1.32. The predicted molar refractivity (Wildman–Crippen MR) is 114 cm³/mol. The molecule has 29 heavy (non-hydrogen) atoms. The van der Waals surface area contributed by atoms with Crippen LogP contribution in [0.4, 0.5) is 5.69 Å². The van der Waals surface area contributed by atoms with Gasteiger partial charge >= 0.3 is 0 Å². The minimum absolute atomic E-state index is 0.213. The highest BCUT2D eigenvalue weighted by Gasteiger charge is 2.18. The first kappa shape index (κ1) is 18.7. The van der Waals surface area contributed by atoms with E-state index >= 15 is 0 Å². The lowest BCUT2D eigenvalue weighted by atomic mass is 10.0. The highest BCUT2D eigenvalue weighted by atomic mass is 16.2. The number of nitrogens with one attached hydrogen (secondary N) is 2. The van der Waals surface area contributed by atoms with Crippen molar-refractivity contribution < 1.29 is 9.59 Å². The summed E-state index contributed by atoms with van der Waals surface area (Å²) >= 11 is 0. The number of aryl methyl sites for hydroxylation is 1. The van der Waals surface area contributed by atoms with Gasteiger partial charge in [-0.3, -0.25) is 20.4 Å². The van der Waals surface area contributed by atoms with E-state index in [1.54, 1.807) is 12.1 Å². The van der Waals surface area contributed by atoms with E-state index in [4.69, 9.17) is 0 Å². The highest BCUT2D eigenvalue weighted by molar-refractivity contribution is 5.96. The maximum atomic E-state index is 12.3. The van der Waals surface area contributed by atoms with Gasteiger partial charge in [0.25, 0.3) is 11.8 Å². The van der Waals surface area contributed by atoms with Crippen LogP contribution in [0.15, 0.2) is 78.9 Å². The van der Waals surface area contributed by atoms with Crippen LogP contribution in [0.1, 0.15) is 22.3 Å². The quantitative estimate of drug-likeness (QED) is 0.675. The van der Waals surface area contributed by atoms with Crippen molar-refractivity contribution in [2.75, 3.05) is 18.0 Å². The second kappa shape index (κ2) is 8.61. The average Bonchev–Trinajstić information content (AvgIpc) is 2.78. The molecule has 4 rings (SSSR count). The Kier molecular flexibility index (Phi) is 5.56. The van der Waals surface area contributed by atoms with E-state index in [0.29, 0.717) is 5.56 Å². The number of nitrogens with zero attached hydrogens (tertiary/aromatic N) is 1. The molecule has 0 saturated heterocycles. The van der Waals surface area contributed by atoms with Crippen molar-refractivity contribution in [1.29, 1.82) is 0 Å². The largest absolute Gasteiger partial charge is 0.362 e. The Bertz CT molecular complexity index is 1000. The zero-order valence-electron chi connectivity index (χ0n) is 16.1. The lowest BCUT2D eigenvalue weighted by Crippen LogP contribution is -2.47. The smallest absolute Gasteiger partial charge is 0.269 e. The van der Waals surface area contributed by atoms with E-state index in [2.05, 4.69) is 21.8 Å². The van der Waals surface area contributed by atoms with Crippen molar-refractivity contribution >= 4 is 17.5 Å². The molecule has 0 atom stereocenters. The van der Waals surface area contributed by atoms with Gasteiger partial charge in [-0.25, -0.2) is 0 Å². The molecule has 1 aliphatic heterocycles. The Labute approximate surface area is 170 Å². The molecule has 146 valence electrons. The molecule has 0 unspecified atom stereocenters. The minimum Gasteiger partial charge on any atom is -0.362 e. The summed E-state index contributed by atoms with van der Waals surface area (Å²) < 4.78 is 0. The summed E-state index contributed by atoms with van der Waals surface area (Å²) in [5, 5.41) is 0. The van der Waals surface area contributed by atoms with Crippen molar-refractivity contribution in [1.82, 2.24) is 10.9 Å². The van der Waals surface area contributed by atoms with Gasteiger partial charge in [-0.05, 0) is 47.7 Å². The van der Waals surface area contributed by atoms with Crippen molar-refractivity contribution in [3.8, 4) is 11.1 Å². The number of rotatable bonds is 4. The zero-order valence-corrected chi connectivity index (χ0v) is 16.1. The van der Waals surface area contributed by atoms with Gasteiger partial charge in [0.2, 0.25) is 0 Å². The van der Waals surface area contributed by atoms with Crippen LogP contribution < -0.4 is 15.8 Å². The maximum absolute atomic E-state index is 12.3. The van der Waals surface area contributed by atoms with Gasteiger partial charge in [-0.15, -0.1) is 0 Å². The molecule has 5 heteroatoms. The minimum atomic E-state index is -0.336. The molecule has 2 amide bonds. The first-order valence-corrected chi connectivity index (χ1v) is 9.78. The van der Waals surface area contributed by atoms with Crippen molar-refractivity contribution in [3.05, 3.63) is 90.0 Å². The van der Waals surface area contributed by atoms with E-state index < -0.39 is 0 Å². The number of benzene rings is 3. The van der Waals surface area contributed by atoms with Gasteiger partial charge in [-0.2, -0.15) is 0 Å². The fourth-order valence-electron chi connectivity index (χ4n) is 3.63. The molecule has 0 bridgehead atoms. The number of para-hydroxylation sites is 1. The first-order valence-electron chi connectivity index (χ1n) is 9.78. The third-order valence-electron chi connectivity index (χ3n) is 5.11. The van der Waals surface area contributed by atoms with Gasteiger partial charge < -0.3 is 4.90 Å². The van der Waals surface area contributed by atoms with Crippen LogP contribution >= 0.6 is 0 Å². The van der Waals surface area contributed by atoms with Crippen LogP contribution in [0.3, 0.4) is 0 Å². The van der Waals surface area contributed by atoms with Crippen molar-refractivity contribution in [3.63, 3.8) is 0 Å². The summed E-state index contributed by atoms with van der Waals surface area (Å²) in [5.41, 5.74) is 10.0. The maximum Gasteiger partial charge on any atom is 0.269 e. The molecule has 0 saturated carbocycles. The van der Waals surface area contributed by atoms with Crippen LogP contribution in [0.25, 0.3) is 11.1 Å². The summed E-state index contributed by atoms with van der Waals surface area (Å²) in [5.74, 6) is -0.576. The number of hydrogen-bond acceptors (Lipinski definition) is 3. The number of carbonyl (C=O) groups excluding carboxylic acids is 2. The van der Waals surface area contributed by atoms with E-state index in [-0.39, 0.29) is 18.4 Å². The van der Waals surface area contributed by atoms with Crippen LogP contribution in [-0.2, 0) is 11.2 Å². The van der Waals surface area contributed by atoms with Crippen molar-refractivity contribution in [2.45, 2.75) is 12.8 Å².